The highest BCUT2D eigenvalue weighted by atomic mass is 32.2. The summed E-state index contributed by atoms with van der Waals surface area (Å²) in [6.45, 7) is 12.3. The van der Waals surface area contributed by atoms with Crippen molar-refractivity contribution in [3.05, 3.63) is 24.3 Å². The number of hydrogen-bond acceptors (Lipinski definition) is 4. The van der Waals surface area contributed by atoms with E-state index in [4.69, 9.17) is 9.88 Å². The predicted octanol–water partition coefficient (Wildman–Crippen LogP) is 3.34. The van der Waals surface area contributed by atoms with Crippen molar-refractivity contribution in [2.75, 3.05) is 0 Å². The first-order valence-corrected chi connectivity index (χ1v) is 9.09. The first kappa shape index (κ1) is 19.6. The second-order valence-corrected chi connectivity index (χ2v) is 9.68. The average Bonchev–Trinajstić information content (AvgIpc) is 2.33. The molecule has 0 aliphatic heterocycles. The smallest absolute Gasteiger partial charge is 0.314 e. The maximum absolute atomic E-state index is 12.6. The van der Waals surface area contributed by atoms with Crippen LogP contribution in [0.15, 0.2) is 29.2 Å². The van der Waals surface area contributed by atoms with Crippen molar-refractivity contribution in [1.82, 2.24) is 0 Å². The van der Waals surface area contributed by atoms with Crippen LogP contribution in [0.4, 0.5) is 0 Å². The summed E-state index contributed by atoms with van der Waals surface area (Å²) in [6, 6.07) is 5.53. The molecule has 5 nitrogen and oxygen atoms in total. The van der Waals surface area contributed by atoms with Gasteiger partial charge in [0.15, 0.2) is 0 Å². The summed E-state index contributed by atoms with van der Waals surface area (Å²) in [4.78, 5) is 12.5. The summed E-state index contributed by atoms with van der Waals surface area (Å²) in [6.07, 6.45) is 0.699. The Labute approximate surface area is 139 Å². The predicted molar refractivity (Wildman–Crippen MR) is 90.5 cm³/mol. The van der Waals surface area contributed by atoms with Crippen LogP contribution >= 0.6 is 0 Å². The van der Waals surface area contributed by atoms with Crippen molar-refractivity contribution in [1.29, 1.82) is 0 Å². The van der Waals surface area contributed by atoms with E-state index < -0.39 is 10.0 Å². The van der Waals surface area contributed by atoms with Crippen LogP contribution in [-0.4, -0.2) is 14.4 Å². The molecule has 0 aliphatic carbocycles. The maximum atomic E-state index is 12.6. The Morgan fingerprint density at radius 3 is 1.91 bits per heavy atom. The van der Waals surface area contributed by atoms with E-state index in [1.807, 2.05) is 20.8 Å². The second-order valence-electron chi connectivity index (χ2n) is 8.12. The molecule has 0 saturated heterocycles. The molecular weight excluding hydrogens is 314 g/mol. The number of nitrogens with two attached hydrogens (primary N) is 1. The van der Waals surface area contributed by atoms with Gasteiger partial charge in [-0.15, -0.1) is 0 Å². The van der Waals surface area contributed by atoms with E-state index >= 15 is 0 Å². The molecule has 0 amide bonds. The molecule has 1 rings (SSSR count). The fourth-order valence-electron chi connectivity index (χ4n) is 2.24. The van der Waals surface area contributed by atoms with Gasteiger partial charge in [0.1, 0.15) is 5.75 Å². The van der Waals surface area contributed by atoms with Gasteiger partial charge in [0, 0.05) is 0 Å². The van der Waals surface area contributed by atoms with Crippen LogP contribution in [0.3, 0.4) is 0 Å². The SMILES string of the molecule is CC(C)(C)CC(C(=O)Oc1ccc(S(N)(=O)=O)cc1)C(C)(C)C. The molecule has 6 heteroatoms. The van der Waals surface area contributed by atoms with Gasteiger partial charge in [0.2, 0.25) is 10.0 Å². The summed E-state index contributed by atoms with van der Waals surface area (Å²) in [5, 5.41) is 5.05. The number of esters is 1. The van der Waals surface area contributed by atoms with E-state index in [-0.39, 0.29) is 27.6 Å². The molecule has 0 bridgehead atoms. The highest BCUT2D eigenvalue weighted by molar-refractivity contribution is 7.89. The van der Waals surface area contributed by atoms with Crippen LogP contribution in [0.25, 0.3) is 0 Å². The molecule has 23 heavy (non-hydrogen) atoms. The molecule has 0 saturated carbocycles. The minimum Gasteiger partial charge on any atom is -0.426 e. The standard InChI is InChI=1S/C17H27NO4S/c1-16(2,3)11-14(17(4,5)6)15(19)22-12-7-9-13(10-8-12)23(18,20)21/h7-10,14H,11H2,1-6H3,(H2,18,20,21). The van der Waals surface area contributed by atoms with Crippen molar-refractivity contribution < 1.29 is 17.9 Å². The molecule has 1 atom stereocenters. The zero-order chi connectivity index (χ0) is 18.1. The van der Waals surface area contributed by atoms with Gasteiger partial charge in [-0.3, -0.25) is 4.79 Å². The quantitative estimate of drug-likeness (QED) is 0.672. The summed E-state index contributed by atoms with van der Waals surface area (Å²) in [5.41, 5.74) is -0.237. The van der Waals surface area contributed by atoms with Crippen molar-refractivity contribution in [2.24, 2.45) is 21.9 Å². The first-order chi connectivity index (χ1) is 10.2. The van der Waals surface area contributed by atoms with E-state index in [9.17, 15) is 13.2 Å². The lowest BCUT2D eigenvalue weighted by atomic mass is 9.72. The lowest BCUT2D eigenvalue weighted by Crippen LogP contribution is -2.35. The van der Waals surface area contributed by atoms with E-state index in [0.717, 1.165) is 0 Å². The second kappa shape index (κ2) is 6.61. The summed E-state index contributed by atoms with van der Waals surface area (Å²) in [5.74, 6) is -0.262. The highest BCUT2D eigenvalue weighted by Gasteiger charge is 2.36. The topological polar surface area (TPSA) is 86.5 Å². The Bertz CT molecular complexity index is 649. The molecule has 2 N–H and O–H groups in total. The Morgan fingerprint density at radius 2 is 1.57 bits per heavy atom. The van der Waals surface area contributed by atoms with Crippen molar-refractivity contribution in [2.45, 2.75) is 52.9 Å². The molecule has 0 aliphatic rings. The minimum absolute atomic E-state index is 0.00550. The van der Waals surface area contributed by atoms with Crippen molar-refractivity contribution in [3.63, 3.8) is 0 Å². The zero-order valence-corrected chi connectivity index (χ0v) is 15.5. The molecule has 1 aromatic carbocycles. The van der Waals surface area contributed by atoms with Crippen LogP contribution in [0, 0.1) is 16.7 Å². The monoisotopic (exact) mass is 341 g/mol. The normalized spacial score (nSPS) is 14.4. The Morgan fingerprint density at radius 1 is 1.09 bits per heavy atom. The molecular formula is C17H27NO4S. The number of hydrogen-bond donors (Lipinski definition) is 1. The number of rotatable bonds is 4. The first-order valence-electron chi connectivity index (χ1n) is 7.55. The number of benzene rings is 1. The largest absolute Gasteiger partial charge is 0.426 e. The number of carbonyl (C=O) groups excluding carboxylic acids is 1. The van der Waals surface area contributed by atoms with Gasteiger partial charge in [-0.1, -0.05) is 41.5 Å². The summed E-state index contributed by atoms with van der Waals surface area (Å²) in [7, 11) is -3.75. The molecule has 1 aromatic rings. The fourth-order valence-corrected chi connectivity index (χ4v) is 2.76. The number of sulfonamides is 1. The molecule has 0 aromatic heterocycles. The lowest BCUT2D eigenvalue weighted by Gasteiger charge is -2.33. The van der Waals surface area contributed by atoms with E-state index in [2.05, 4.69) is 20.8 Å². The third-order valence-electron chi connectivity index (χ3n) is 3.52. The summed E-state index contributed by atoms with van der Waals surface area (Å²) < 4.78 is 27.9. The van der Waals surface area contributed by atoms with Gasteiger partial charge in [-0.05, 0) is 41.5 Å². The molecule has 130 valence electrons. The molecule has 0 fully saturated rings. The Balaban J connectivity index is 2.95. The fraction of sp³-hybridized carbons (Fsp3) is 0.588. The van der Waals surface area contributed by atoms with Crippen LogP contribution in [0.5, 0.6) is 5.75 Å². The van der Waals surface area contributed by atoms with E-state index in [1.54, 1.807) is 0 Å². The lowest BCUT2D eigenvalue weighted by molar-refractivity contribution is -0.144. The number of carbonyl (C=O) groups is 1. The summed E-state index contributed by atoms with van der Waals surface area (Å²) >= 11 is 0. The van der Waals surface area contributed by atoms with E-state index in [1.165, 1.54) is 24.3 Å². The Kier molecular flexibility index (Phi) is 5.65. The maximum Gasteiger partial charge on any atom is 0.314 e. The van der Waals surface area contributed by atoms with Gasteiger partial charge in [0.05, 0.1) is 10.8 Å². The Hall–Kier alpha value is -1.40. The minimum atomic E-state index is -3.75. The van der Waals surface area contributed by atoms with E-state index in [0.29, 0.717) is 12.2 Å². The number of primary sulfonamides is 1. The van der Waals surface area contributed by atoms with Crippen molar-refractivity contribution in [3.8, 4) is 5.75 Å². The van der Waals surface area contributed by atoms with Gasteiger partial charge >= 0.3 is 5.97 Å². The highest BCUT2D eigenvalue weighted by Crippen LogP contribution is 2.37. The van der Waals surface area contributed by atoms with Gasteiger partial charge in [0.25, 0.3) is 0 Å². The van der Waals surface area contributed by atoms with Crippen LogP contribution in [0.1, 0.15) is 48.0 Å². The molecule has 0 heterocycles. The third kappa shape index (κ3) is 6.31. The zero-order valence-electron chi connectivity index (χ0n) is 14.7. The third-order valence-corrected chi connectivity index (χ3v) is 4.45. The van der Waals surface area contributed by atoms with Crippen LogP contribution in [-0.2, 0) is 14.8 Å². The number of ether oxygens (including phenoxy) is 1. The molecule has 1 unspecified atom stereocenters. The van der Waals surface area contributed by atoms with Crippen LogP contribution in [0.2, 0.25) is 0 Å². The average molecular weight is 341 g/mol. The van der Waals surface area contributed by atoms with Gasteiger partial charge in [-0.25, -0.2) is 13.6 Å². The van der Waals surface area contributed by atoms with Gasteiger partial charge < -0.3 is 4.74 Å². The van der Waals surface area contributed by atoms with Crippen LogP contribution < -0.4 is 9.88 Å². The molecule has 0 radical (unpaired) electrons. The van der Waals surface area contributed by atoms with Gasteiger partial charge in [-0.2, -0.15) is 0 Å². The molecule has 0 spiro atoms. The van der Waals surface area contributed by atoms with Crippen molar-refractivity contribution >= 4 is 16.0 Å².